The van der Waals surface area contributed by atoms with E-state index >= 15 is 0 Å². The van der Waals surface area contributed by atoms with Gasteiger partial charge >= 0.3 is 18.1 Å². The fourth-order valence-corrected chi connectivity index (χ4v) is 4.17. The highest BCUT2D eigenvalue weighted by Gasteiger charge is 2.51. The number of halogens is 3. The summed E-state index contributed by atoms with van der Waals surface area (Å²) in [5, 5.41) is 26.8. The molecule has 0 amide bonds. The third kappa shape index (κ3) is 7.17. The third-order valence-electron chi connectivity index (χ3n) is 5.90. The largest absolute Gasteiger partial charge is 0.490 e. The smallest absolute Gasteiger partial charge is 0.481 e. The second-order valence-corrected chi connectivity index (χ2v) is 8.27. The summed E-state index contributed by atoms with van der Waals surface area (Å²) in [6.45, 7) is 4.93. The van der Waals surface area contributed by atoms with Gasteiger partial charge in [-0.2, -0.15) is 13.2 Å². The minimum Gasteiger partial charge on any atom is -0.481 e. The van der Waals surface area contributed by atoms with Gasteiger partial charge in [-0.05, 0) is 63.2 Å². The topological polar surface area (TPSA) is 111 Å². The lowest BCUT2D eigenvalue weighted by Crippen LogP contribution is -2.54. The van der Waals surface area contributed by atoms with E-state index in [-0.39, 0.29) is 11.8 Å². The summed E-state index contributed by atoms with van der Waals surface area (Å²) in [7, 11) is 0. The fraction of sp³-hybridized carbons (Fsp3) is 0.667. The Morgan fingerprint density at radius 3 is 2.19 bits per heavy atom. The van der Waals surface area contributed by atoms with E-state index in [4.69, 9.17) is 20.0 Å². The second kappa shape index (κ2) is 10.4. The Hall–Kier alpha value is -2.20. The molecule has 1 aromatic rings. The van der Waals surface area contributed by atoms with E-state index in [2.05, 4.69) is 30.0 Å². The number of hydrogen-bond donors (Lipinski definition) is 3. The molecule has 2 heterocycles. The lowest BCUT2D eigenvalue weighted by atomic mass is 9.62. The lowest BCUT2D eigenvalue weighted by molar-refractivity contribution is -0.192. The molecule has 0 aromatic carbocycles. The van der Waals surface area contributed by atoms with E-state index in [9.17, 15) is 23.1 Å². The van der Waals surface area contributed by atoms with Gasteiger partial charge < -0.3 is 15.3 Å². The summed E-state index contributed by atoms with van der Waals surface area (Å²) in [5.74, 6) is -3.63. The number of pyridine rings is 1. The van der Waals surface area contributed by atoms with Crippen LogP contribution >= 0.6 is 0 Å². The summed E-state index contributed by atoms with van der Waals surface area (Å²) in [5.41, 5.74) is 1.54. The van der Waals surface area contributed by atoms with Gasteiger partial charge in [0.25, 0.3) is 0 Å². The summed E-state index contributed by atoms with van der Waals surface area (Å²) in [6, 6.07) is 6.26. The summed E-state index contributed by atoms with van der Waals surface area (Å²) in [6.07, 6.45) is -0.221. The average Bonchev–Trinajstić information content (AvgIpc) is 2.66. The Labute approximate surface area is 178 Å². The molecular weight excluding hydrogens is 417 g/mol. The number of aryl methyl sites for hydroxylation is 1. The van der Waals surface area contributed by atoms with E-state index < -0.39 is 23.7 Å². The first-order valence-electron chi connectivity index (χ1n) is 10.4. The highest BCUT2D eigenvalue weighted by molar-refractivity contribution is 5.73. The fourth-order valence-electron chi connectivity index (χ4n) is 4.17. The van der Waals surface area contributed by atoms with Crippen molar-refractivity contribution in [2.45, 2.75) is 63.8 Å². The van der Waals surface area contributed by atoms with Gasteiger partial charge in [0.1, 0.15) is 0 Å². The first kappa shape index (κ1) is 25.1. The van der Waals surface area contributed by atoms with Crippen molar-refractivity contribution < 1.29 is 38.1 Å². The molecule has 0 unspecified atom stereocenters. The van der Waals surface area contributed by atoms with Crippen LogP contribution in [0.5, 0.6) is 0 Å². The maximum Gasteiger partial charge on any atom is 0.490 e. The third-order valence-corrected chi connectivity index (χ3v) is 5.90. The van der Waals surface area contributed by atoms with Crippen molar-refractivity contribution in [3.05, 3.63) is 29.6 Å². The van der Waals surface area contributed by atoms with Crippen molar-refractivity contribution in [3.8, 4) is 0 Å². The van der Waals surface area contributed by atoms with Gasteiger partial charge in [-0.15, -0.1) is 0 Å². The van der Waals surface area contributed by atoms with Crippen LogP contribution in [0.15, 0.2) is 18.2 Å². The predicted octanol–water partition coefficient (Wildman–Crippen LogP) is 3.11. The van der Waals surface area contributed by atoms with Crippen LogP contribution in [0.2, 0.25) is 0 Å². The Kier molecular flexibility index (Phi) is 8.41. The van der Waals surface area contributed by atoms with Gasteiger partial charge in [0.05, 0.1) is 17.2 Å². The Bertz CT molecular complexity index is 758. The SMILES string of the molecule is CCCc1cccc(CN2CCC(C3(O)CC(C(=O)O)C3)CC2)n1.O=C(O)C(F)(F)F. The zero-order valence-corrected chi connectivity index (χ0v) is 17.4. The monoisotopic (exact) mass is 446 g/mol. The zero-order chi connectivity index (χ0) is 23.2. The molecular formula is C21H29F3N2O5. The van der Waals surface area contributed by atoms with Crippen molar-refractivity contribution >= 4 is 11.9 Å². The Balaban J connectivity index is 0.000000423. The number of hydrogen-bond acceptors (Lipinski definition) is 5. The van der Waals surface area contributed by atoms with Crippen LogP contribution in [0.4, 0.5) is 13.2 Å². The number of aromatic nitrogens is 1. The number of carboxylic acid groups (broad SMARTS) is 2. The van der Waals surface area contributed by atoms with Gasteiger partial charge in [0.15, 0.2) is 0 Å². The van der Waals surface area contributed by atoms with Crippen molar-refractivity contribution in [2.75, 3.05) is 13.1 Å². The van der Waals surface area contributed by atoms with Gasteiger partial charge in [-0.3, -0.25) is 14.7 Å². The molecule has 0 radical (unpaired) electrons. The van der Waals surface area contributed by atoms with Crippen molar-refractivity contribution in [2.24, 2.45) is 11.8 Å². The van der Waals surface area contributed by atoms with Crippen LogP contribution in [0.1, 0.15) is 50.4 Å². The van der Waals surface area contributed by atoms with E-state index in [0.29, 0.717) is 12.8 Å². The minimum absolute atomic E-state index is 0.240. The molecule has 1 saturated carbocycles. The van der Waals surface area contributed by atoms with Gasteiger partial charge in [-0.1, -0.05) is 19.4 Å². The highest BCUT2D eigenvalue weighted by Crippen LogP contribution is 2.46. The molecule has 10 heteroatoms. The molecule has 3 rings (SSSR count). The molecule has 174 valence electrons. The highest BCUT2D eigenvalue weighted by atomic mass is 19.4. The number of aliphatic hydroxyl groups is 1. The number of carboxylic acids is 2. The average molecular weight is 446 g/mol. The van der Waals surface area contributed by atoms with Crippen molar-refractivity contribution in [1.29, 1.82) is 0 Å². The quantitative estimate of drug-likeness (QED) is 0.616. The lowest BCUT2D eigenvalue weighted by Gasteiger charge is -2.49. The number of aliphatic carboxylic acids is 2. The van der Waals surface area contributed by atoms with Gasteiger partial charge in [0.2, 0.25) is 0 Å². The number of nitrogens with zero attached hydrogens (tertiary/aromatic N) is 2. The molecule has 3 N–H and O–H groups in total. The number of likely N-dealkylation sites (tertiary alicyclic amines) is 1. The minimum atomic E-state index is -5.08. The first-order valence-corrected chi connectivity index (χ1v) is 10.4. The summed E-state index contributed by atoms with van der Waals surface area (Å²) >= 11 is 0. The van der Waals surface area contributed by atoms with Crippen LogP contribution in [0.3, 0.4) is 0 Å². The molecule has 2 aliphatic rings. The van der Waals surface area contributed by atoms with Crippen molar-refractivity contribution in [3.63, 3.8) is 0 Å². The zero-order valence-electron chi connectivity index (χ0n) is 17.4. The van der Waals surface area contributed by atoms with Crippen LogP contribution < -0.4 is 0 Å². The molecule has 31 heavy (non-hydrogen) atoms. The van der Waals surface area contributed by atoms with Crippen LogP contribution in [0, 0.1) is 11.8 Å². The van der Waals surface area contributed by atoms with E-state index in [0.717, 1.165) is 56.7 Å². The number of rotatable bonds is 6. The summed E-state index contributed by atoms with van der Waals surface area (Å²) < 4.78 is 31.7. The van der Waals surface area contributed by atoms with E-state index in [1.165, 1.54) is 0 Å². The standard InChI is InChI=1S/C19H28N2O3.C2HF3O2/c1-2-4-16-5-3-6-17(20-16)13-21-9-7-15(8-10-21)19(24)11-14(12-19)18(22)23;3-2(4,5)1(6)7/h3,5-6,14-15,24H,2,4,7-13H2,1H3,(H,22,23);(H,6,7). The molecule has 7 nitrogen and oxygen atoms in total. The predicted molar refractivity (Wildman–Crippen MR) is 105 cm³/mol. The van der Waals surface area contributed by atoms with Crippen LogP contribution in [0.25, 0.3) is 0 Å². The molecule has 0 spiro atoms. The second-order valence-electron chi connectivity index (χ2n) is 8.27. The molecule has 1 saturated heterocycles. The van der Waals surface area contributed by atoms with Gasteiger partial charge in [-0.25, -0.2) is 4.79 Å². The van der Waals surface area contributed by atoms with E-state index in [1.54, 1.807) is 0 Å². The first-order chi connectivity index (χ1) is 14.4. The number of piperidine rings is 1. The Morgan fingerprint density at radius 2 is 1.71 bits per heavy atom. The number of alkyl halides is 3. The van der Waals surface area contributed by atoms with E-state index in [1.807, 2.05) is 0 Å². The maximum atomic E-state index is 11.0. The molecule has 1 aromatic heterocycles. The number of carbonyl (C=O) groups is 2. The summed E-state index contributed by atoms with van der Waals surface area (Å²) in [4.78, 5) is 27.0. The molecule has 1 aliphatic heterocycles. The molecule has 1 aliphatic carbocycles. The van der Waals surface area contributed by atoms with Crippen molar-refractivity contribution in [1.82, 2.24) is 9.88 Å². The van der Waals surface area contributed by atoms with Gasteiger partial charge in [0, 0.05) is 12.2 Å². The van der Waals surface area contributed by atoms with Crippen LogP contribution in [-0.4, -0.2) is 62.0 Å². The molecule has 0 atom stereocenters. The van der Waals surface area contributed by atoms with Crippen LogP contribution in [-0.2, 0) is 22.6 Å². The molecule has 0 bridgehead atoms. The molecule has 2 fully saturated rings. The normalized spacial score (nSPS) is 24.6. The Morgan fingerprint density at radius 1 is 1.16 bits per heavy atom. The maximum absolute atomic E-state index is 11.0.